The quantitative estimate of drug-likeness (QED) is 0.796. The fourth-order valence-electron chi connectivity index (χ4n) is 2.82. The van der Waals surface area contributed by atoms with Crippen LogP contribution in [0.25, 0.3) is 0 Å². The zero-order chi connectivity index (χ0) is 13.9. The van der Waals surface area contributed by atoms with Gasteiger partial charge in [-0.1, -0.05) is 24.3 Å². The van der Waals surface area contributed by atoms with Gasteiger partial charge in [0, 0.05) is 12.0 Å². The molecule has 1 aliphatic rings. The number of benzene rings is 1. The molecule has 2 atom stereocenters. The Kier molecular flexibility index (Phi) is 4.22. The number of ether oxygens (including phenoxy) is 1. The third-order valence-electron chi connectivity index (χ3n) is 4.05. The first kappa shape index (κ1) is 14.0. The molecule has 0 radical (unpaired) electrons. The molecule has 0 spiro atoms. The van der Waals surface area contributed by atoms with Crippen LogP contribution in [0.2, 0.25) is 0 Å². The van der Waals surface area contributed by atoms with Gasteiger partial charge in [0.1, 0.15) is 0 Å². The van der Waals surface area contributed by atoms with E-state index >= 15 is 0 Å². The predicted octanol–water partition coefficient (Wildman–Crippen LogP) is 1.04. The zero-order valence-corrected chi connectivity index (χ0v) is 11.3. The van der Waals surface area contributed by atoms with Gasteiger partial charge in [0.2, 0.25) is 0 Å². The minimum atomic E-state index is -1.15. The number of nitrogens with two attached hydrogens (primary N) is 1. The maximum atomic E-state index is 11.8. The largest absolute Gasteiger partial charge is 0.464 e. The van der Waals surface area contributed by atoms with E-state index in [1.807, 2.05) is 18.2 Å². The summed E-state index contributed by atoms with van der Waals surface area (Å²) in [5.74, 6) is -0.563. The Balaban J connectivity index is 2.23. The van der Waals surface area contributed by atoms with E-state index in [0.717, 1.165) is 6.42 Å². The highest BCUT2D eigenvalue weighted by Crippen LogP contribution is 2.38. The van der Waals surface area contributed by atoms with Gasteiger partial charge in [0.05, 0.1) is 6.61 Å². The number of aliphatic hydroxyl groups excluding tert-OH is 1. The van der Waals surface area contributed by atoms with Crippen LogP contribution in [0.15, 0.2) is 24.3 Å². The molecule has 4 nitrogen and oxygen atoms in total. The predicted molar refractivity (Wildman–Crippen MR) is 72.6 cm³/mol. The van der Waals surface area contributed by atoms with E-state index in [1.165, 1.54) is 11.1 Å². The molecule has 0 saturated heterocycles. The number of fused-ring (bicyclic) bond motifs is 1. The average molecular weight is 263 g/mol. The highest BCUT2D eigenvalue weighted by molar-refractivity contribution is 5.75. The van der Waals surface area contributed by atoms with Crippen molar-refractivity contribution in [3.63, 3.8) is 0 Å². The van der Waals surface area contributed by atoms with Crippen LogP contribution in [-0.4, -0.2) is 30.3 Å². The molecule has 1 aromatic carbocycles. The number of hydrogen-bond donors (Lipinski definition) is 2. The molecule has 1 aromatic rings. The summed E-state index contributed by atoms with van der Waals surface area (Å²) in [6.07, 6.45) is 1.02. The van der Waals surface area contributed by atoms with Gasteiger partial charge in [-0.2, -0.15) is 0 Å². The minimum Gasteiger partial charge on any atom is -0.464 e. The second kappa shape index (κ2) is 5.72. The van der Waals surface area contributed by atoms with Crippen molar-refractivity contribution in [3.05, 3.63) is 35.4 Å². The van der Waals surface area contributed by atoms with Crippen molar-refractivity contribution in [1.29, 1.82) is 0 Å². The lowest BCUT2D eigenvalue weighted by Gasteiger charge is -2.39. The van der Waals surface area contributed by atoms with Gasteiger partial charge in [-0.15, -0.1) is 0 Å². The molecule has 0 heterocycles. The number of aliphatic hydroxyl groups is 1. The Hall–Kier alpha value is -1.39. The van der Waals surface area contributed by atoms with Crippen LogP contribution in [0.4, 0.5) is 0 Å². The monoisotopic (exact) mass is 263 g/mol. The molecular weight excluding hydrogens is 242 g/mol. The third kappa shape index (κ3) is 2.65. The topological polar surface area (TPSA) is 72.5 Å². The fraction of sp³-hybridized carbons (Fsp3) is 0.533. The van der Waals surface area contributed by atoms with Crippen molar-refractivity contribution in [1.82, 2.24) is 0 Å². The lowest BCUT2D eigenvalue weighted by Crippen LogP contribution is -2.50. The van der Waals surface area contributed by atoms with Gasteiger partial charge in [-0.3, -0.25) is 0 Å². The number of carbonyl (C=O) groups excluding carboxylic acids is 1. The van der Waals surface area contributed by atoms with Gasteiger partial charge in [0.25, 0.3) is 0 Å². The number of carbonyl (C=O) groups is 1. The standard InChI is InChI=1S/C15H21NO3/c1-2-19-14(18)13(17)15(10-16)8-7-11-5-3-4-6-12(11)9-15/h3-6,13,17H,2,7-10,16H2,1H3. The molecule has 0 fully saturated rings. The van der Waals surface area contributed by atoms with Crippen LogP contribution in [0, 0.1) is 5.41 Å². The maximum Gasteiger partial charge on any atom is 0.335 e. The number of aryl methyl sites for hydroxylation is 1. The summed E-state index contributed by atoms with van der Waals surface area (Å²) < 4.78 is 4.93. The van der Waals surface area contributed by atoms with Gasteiger partial charge in [-0.25, -0.2) is 4.79 Å². The summed E-state index contributed by atoms with van der Waals surface area (Å²) in [4.78, 5) is 11.8. The van der Waals surface area contributed by atoms with Gasteiger partial charge < -0.3 is 15.6 Å². The summed E-state index contributed by atoms with van der Waals surface area (Å²) in [5.41, 5.74) is 7.72. The summed E-state index contributed by atoms with van der Waals surface area (Å²) >= 11 is 0. The minimum absolute atomic E-state index is 0.271. The van der Waals surface area contributed by atoms with Crippen molar-refractivity contribution in [2.24, 2.45) is 11.1 Å². The Labute approximate surface area is 113 Å². The Morgan fingerprint density at radius 1 is 1.47 bits per heavy atom. The van der Waals surface area contributed by atoms with Gasteiger partial charge in [0.15, 0.2) is 6.10 Å². The van der Waals surface area contributed by atoms with E-state index in [9.17, 15) is 9.90 Å². The number of rotatable bonds is 4. The lowest BCUT2D eigenvalue weighted by molar-refractivity contribution is -0.161. The molecular formula is C15H21NO3. The molecule has 3 N–H and O–H groups in total. The van der Waals surface area contributed by atoms with Crippen LogP contribution < -0.4 is 5.73 Å². The van der Waals surface area contributed by atoms with E-state index in [2.05, 4.69) is 6.07 Å². The molecule has 19 heavy (non-hydrogen) atoms. The van der Waals surface area contributed by atoms with Gasteiger partial charge >= 0.3 is 5.97 Å². The Bertz CT molecular complexity index is 460. The van der Waals surface area contributed by atoms with Crippen LogP contribution in [0.3, 0.4) is 0 Å². The highest BCUT2D eigenvalue weighted by atomic mass is 16.5. The van der Waals surface area contributed by atoms with Crippen molar-refractivity contribution >= 4 is 5.97 Å². The van der Waals surface area contributed by atoms with Gasteiger partial charge in [-0.05, 0) is 37.3 Å². The van der Waals surface area contributed by atoms with E-state index in [0.29, 0.717) is 12.8 Å². The normalized spacial score (nSPS) is 23.5. The van der Waals surface area contributed by atoms with Crippen molar-refractivity contribution < 1.29 is 14.6 Å². The van der Waals surface area contributed by atoms with Crippen LogP contribution >= 0.6 is 0 Å². The van der Waals surface area contributed by atoms with Crippen molar-refractivity contribution in [2.45, 2.75) is 32.3 Å². The fourth-order valence-corrected chi connectivity index (χ4v) is 2.82. The second-order valence-corrected chi connectivity index (χ2v) is 5.17. The van der Waals surface area contributed by atoms with E-state index < -0.39 is 17.5 Å². The van der Waals surface area contributed by atoms with Crippen molar-refractivity contribution in [2.75, 3.05) is 13.2 Å². The second-order valence-electron chi connectivity index (χ2n) is 5.17. The molecule has 0 aliphatic heterocycles. The van der Waals surface area contributed by atoms with E-state index in [-0.39, 0.29) is 13.2 Å². The summed E-state index contributed by atoms with van der Waals surface area (Å²) in [6, 6.07) is 8.11. The smallest absolute Gasteiger partial charge is 0.335 e. The first-order chi connectivity index (χ1) is 9.13. The molecule has 1 aliphatic carbocycles. The summed E-state index contributed by atoms with van der Waals surface area (Å²) in [5, 5.41) is 10.3. The molecule has 4 heteroatoms. The van der Waals surface area contributed by atoms with E-state index in [1.54, 1.807) is 6.92 Å². The lowest BCUT2D eigenvalue weighted by atomic mass is 9.68. The van der Waals surface area contributed by atoms with Crippen LogP contribution in [0.5, 0.6) is 0 Å². The first-order valence-corrected chi connectivity index (χ1v) is 6.74. The van der Waals surface area contributed by atoms with Crippen molar-refractivity contribution in [3.8, 4) is 0 Å². The number of hydrogen-bond acceptors (Lipinski definition) is 4. The van der Waals surface area contributed by atoms with E-state index in [4.69, 9.17) is 10.5 Å². The maximum absolute atomic E-state index is 11.8. The Morgan fingerprint density at radius 2 is 2.16 bits per heavy atom. The first-order valence-electron chi connectivity index (χ1n) is 6.74. The molecule has 0 saturated carbocycles. The summed E-state index contributed by atoms with van der Waals surface area (Å²) in [7, 11) is 0. The molecule has 0 bridgehead atoms. The Morgan fingerprint density at radius 3 is 2.79 bits per heavy atom. The molecule has 104 valence electrons. The number of esters is 1. The molecule has 2 rings (SSSR count). The third-order valence-corrected chi connectivity index (χ3v) is 4.05. The molecule has 0 aromatic heterocycles. The van der Waals surface area contributed by atoms with Crippen LogP contribution in [0.1, 0.15) is 24.5 Å². The SMILES string of the molecule is CCOC(=O)C(O)C1(CN)CCc2ccccc2C1. The zero-order valence-electron chi connectivity index (χ0n) is 11.3. The highest BCUT2D eigenvalue weighted by Gasteiger charge is 2.44. The van der Waals surface area contributed by atoms with Crippen LogP contribution in [-0.2, 0) is 22.4 Å². The average Bonchev–Trinajstić information content (AvgIpc) is 2.46. The molecule has 0 amide bonds. The molecule has 2 unspecified atom stereocenters. The summed E-state index contributed by atoms with van der Waals surface area (Å²) in [6.45, 7) is 2.28.